The number of ketones is 1. The van der Waals surface area contributed by atoms with Crippen LogP contribution in [0.1, 0.15) is 38.2 Å². The molecule has 20 heavy (non-hydrogen) atoms. The van der Waals surface area contributed by atoms with Gasteiger partial charge in [-0.05, 0) is 62.1 Å². The molecule has 0 unspecified atom stereocenters. The fraction of sp³-hybridized carbons (Fsp3) is 0.278. The first-order chi connectivity index (χ1) is 9.38. The van der Waals surface area contributed by atoms with E-state index >= 15 is 0 Å². The Morgan fingerprint density at radius 3 is 2.10 bits per heavy atom. The fourth-order valence-corrected chi connectivity index (χ4v) is 2.93. The maximum atomic E-state index is 12.5. The summed E-state index contributed by atoms with van der Waals surface area (Å²) in [6.45, 7) is 8.15. The molecule has 2 aromatic carbocycles. The highest BCUT2D eigenvalue weighted by Gasteiger charge is 2.14. The van der Waals surface area contributed by atoms with Crippen LogP contribution in [0.3, 0.4) is 0 Å². The molecule has 0 aliphatic carbocycles. The topological polar surface area (TPSA) is 17.1 Å². The zero-order chi connectivity index (χ0) is 14.9. The summed E-state index contributed by atoms with van der Waals surface area (Å²) in [6.07, 6.45) is 0.403. The maximum Gasteiger partial charge on any atom is 0.168 e. The summed E-state index contributed by atoms with van der Waals surface area (Å²) in [6, 6.07) is 9.81. The second-order valence-corrected chi connectivity index (χ2v) is 5.87. The molecule has 2 heteroatoms. The summed E-state index contributed by atoms with van der Waals surface area (Å²) in [7, 11) is 0. The van der Waals surface area contributed by atoms with Crippen molar-refractivity contribution in [3.63, 3.8) is 0 Å². The first kappa shape index (κ1) is 14.8. The molecule has 0 radical (unpaired) electrons. The van der Waals surface area contributed by atoms with Crippen LogP contribution in [-0.4, -0.2) is 5.78 Å². The van der Waals surface area contributed by atoms with Crippen LogP contribution in [0.15, 0.2) is 30.3 Å². The highest BCUT2D eigenvalue weighted by molar-refractivity contribution is 6.34. The van der Waals surface area contributed by atoms with E-state index in [0.717, 1.165) is 11.1 Å². The maximum absolute atomic E-state index is 12.5. The molecule has 0 aromatic heterocycles. The molecular formula is C18H19ClO. The van der Waals surface area contributed by atoms with Gasteiger partial charge in [-0.25, -0.2) is 0 Å². The van der Waals surface area contributed by atoms with E-state index in [0.29, 0.717) is 17.0 Å². The summed E-state index contributed by atoms with van der Waals surface area (Å²) in [4.78, 5) is 12.5. The van der Waals surface area contributed by atoms with E-state index in [-0.39, 0.29) is 5.78 Å². The van der Waals surface area contributed by atoms with Gasteiger partial charge < -0.3 is 0 Å². The quantitative estimate of drug-likeness (QED) is 0.726. The molecule has 1 nitrogen and oxygen atoms in total. The number of carbonyl (C=O) groups excluding carboxylic acids is 1. The molecule has 0 saturated heterocycles. The summed E-state index contributed by atoms with van der Waals surface area (Å²) in [5.74, 6) is 0.0741. The van der Waals surface area contributed by atoms with Crippen molar-refractivity contribution in [2.75, 3.05) is 0 Å². The first-order valence-corrected chi connectivity index (χ1v) is 7.12. The van der Waals surface area contributed by atoms with Gasteiger partial charge in [-0.2, -0.15) is 0 Å². The standard InChI is InChI=1S/C18H19ClO/c1-11-5-6-15(17(19)9-11)18(20)10-16-13(3)7-12(2)8-14(16)4/h5-9H,10H2,1-4H3. The van der Waals surface area contributed by atoms with E-state index in [2.05, 4.69) is 32.9 Å². The van der Waals surface area contributed by atoms with Crippen molar-refractivity contribution >= 4 is 17.4 Å². The lowest BCUT2D eigenvalue weighted by Crippen LogP contribution is -2.07. The molecule has 2 rings (SSSR count). The number of hydrogen-bond donors (Lipinski definition) is 0. The van der Waals surface area contributed by atoms with Crippen molar-refractivity contribution in [1.82, 2.24) is 0 Å². The van der Waals surface area contributed by atoms with E-state index in [1.807, 2.05) is 25.1 Å². The Kier molecular flexibility index (Phi) is 4.29. The van der Waals surface area contributed by atoms with Gasteiger partial charge in [0.25, 0.3) is 0 Å². The van der Waals surface area contributed by atoms with Gasteiger partial charge in [0.15, 0.2) is 5.78 Å². The van der Waals surface area contributed by atoms with E-state index in [4.69, 9.17) is 11.6 Å². The Hall–Kier alpha value is -1.60. The van der Waals surface area contributed by atoms with Gasteiger partial charge in [-0.15, -0.1) is 0 Å². The molecule has 0 fully saturated rings. The van der Waals surface area contributed by atoms with Crippen LogP contribution >= 0.6 is 11.6 Å². The van der Waals surface area contributed by atoms with Gasteiger partial charge >= 0.3 is 0 Å². The van der Waals surface area contributed by atoms with Gasteiger partial charge in [0.05, 0.1) is 5.02 Å². The van der Waals surface area contributed by atoms with Gasteiger partial charge in [0.2, 0.25) is 0 Å². The lowest BCUT2D eigenvalue weighted by molar-refractivity contribution is 0.0992. The zero-order valence-corrected chi connectivity index (χ0v) is 13.1. The van der Waals surface area contributed by atoms with E-state index < -0.39 is 0 Å². The van der Waals surface area contributed by atoms with Crippen LogP contribution in [0.2, 0.25) is 5.02 Å². The highest BCUT2D eigenvalue weighted by atomic mass is 35.5. The molecule has 0 N–H and O–H groups in total. The monoisotopic (exact) mass is 286 g/mol. The SMILES string of the molecule is Cc1cc(C)c(CC(=O)c2ccc(C)cc2Cl)c(C)c1. The molecular weight excluding hydrogens is 268 g/mol. The fourth-order valence-electron chi connectivity index (χ4n) is 2.59. The van der Waals surface area contributed by atoms with Crippen molar-refractivity contribution in [2.24, 2.45) is 0 Å². The number of halogens is 1. The Morgan fingerprint density at radius 1 is 0.950 bits per heavy atom. The predicted molar refractivity (Wildman–Crippen MR) is 84.9 cm³/mol. The Labute approximate surface area is 125 Å². The molecule has 0 atom stereocenters. The van der Waals surface area contributed by atoms with Gasteiger partial charge in [-0.1, -0.05) is 35.4 Å². The number of carbonyl (C=O) groups is 1. The second kappa shape index (κ2) is 5.80. The lowest BCUT2D eigenvalue weighted by atomic mass is 9.93. The summed E-state index contributed by atoms with van der Waals surface area (Å²) < 4.78 is 0. The number of benzene rings is 2. The van der Waals surface area contributed by atoms with Gasteiger partial charge in [-0.3, -0.25) is 4.79 Å². The summed E-state index contributed by atoms with van der Waals surface area (Å²) in [5, 5.41) is 0.539. The smallest absolute Gasteiger partial charge is 0.168 e. The van der Waals surface area contributed by atoms with Crippen molar-refractivity contribution in [3.05, 3.63) is 68.7 Å². The van der Waals surface area contributed by atoms with E-state index in [1.165, 1.54) is 16.7 Å². The Morgan fingerprint density at radius 2 is 1.55 bits per heavy atom. The van der Waals surface area contributed by atoms with Crippen LogP contribution in [0.25, 0.3) is 0 Å². The van der Waals surface area contributed by atoms with Crippen LogP contribution < -0.4 is 0 Å². The molecule has 0 saturated carbocycles. The third-order valence-electron chi connectivity index (χ3n) is 3.60. The Bertz CT molecular complexity index is 648. The zero-order valence-electron chi connectivity index (χ0n) is 12.4. The minimum absolute atomic E-state index is 0.0741. The molecule has 0 aliphatic rings. The third-order valence-corrected chi connectivity index (χ3v) is 3.92. The highest BCUT2D eigenvalue weighted by Crippen LogP contribution is 2.22. The second-order valence-electron chi connectivity index (χ2n) is 5.46. The minimum atomic E-state index is 0.0741. The lowest BCUT2D eigenvalue weighted by Gasteiger charge is -2.11. The Balaban J connectivity index is 2.33. The van der Waals surface area contributed by atoms with E-state index in [9.17, 15) is 4.79 Å². The third kappa shape index (κ3) is 3.10. The van der Waals surface area contributed by atoms with Crippen LogP contribution in [0.4, 0.5) is 0 Å². The average molecular weight is 287 g/mol. The molecule has 0 heterocycles. The van der Waals surface area contributed by atoms with Crippen molar-refractivity contribution in [2.45, 2.75) is 34.1 Å². The average Bonchev–Trinajstić information content (AvgIpc) is 2.33. The molecule has 2 aromatic rings. The summed E-state index contributed by atoms with van der Waals surface area (Å²) in [5.41, 5.74) is 6.34. The van der Waals surface area contributed by atoms with Crippen molar-refractivity contribution in [1.29, 1.82) is 0 Å². The van der Waals surface area contributed by atoms with Crippen LogP contribution in [-0.2, 0) is 6.42 Å². The van der Waals surface area contributed by atoms with Crippen LogP contribution in [0.5, 0.6) is 0 Å². The van der Waals surface area contributed by atoms with Crippen molar-refractivity contribution < 1.29 is 4.79 Å². The first-order valence-electron chi connectivity index (χ1n) is 6.74. The molecule has 104 valence electrons. The largest absolute Gasteiger partial charge is 0.294 e. The normalized spacial score (nSPS) is 10.7. The molecule has 0 amide bonds. The van der Waals surface area contributed by atoms with E-state index in [1.54, 1.807) is 0 Å². The molecule has 0 spiro atoms. The number of rotatable bonds is 3. The van der Waals surface area contributed by atoms with Crippen molar-refractivity contribution in [3.8, 4) is 0 Å². The minimum Gasteiger partial charge on any atom is -0.294 e. The predicted octanol–water partition coefficient (Wildman–Crippen LogP) is 5.00. The number of Topliss-reactive ketones (excluding diaryl/α,β-unsaturated/α-hetero) is 1. The van der Waals surface area contributed by atoms with Crippen LogP contribution in [0, 0.1) is 27.7 Å². The van der Waals surface area contributed by atoms with Gasteiger partial charge in [0.1, 0.15) is 0 Å². The number of hydrogen-bond acceptors (Lipinski definition) is 1. The molecule has 0 bridgehead atoms. The number of aryl methyl sites for hydroxylation is 4. The summed E-state index contributed by atoms with van der Waals surface area (Å²) >= 11 is 6.17. The molecule has 0 aliphatic heterocycles. The van der Waals surface area contributed by atoms with Gasteiger partial charge in [0, 0.05) is 12.0 Å².